The summed E-state index contributed by atoms with van der Waals surface area (Å²) in [6.45, 7) is 8.19. The normalized spacial score (nSPS) is 12.6. The van der Waals surface area contributed by atoms with Crippen molar-refractivity contribution in [3.05, 3.63) is 12.2 Å². The topological polar surface area (TPSA) is 76.4 Å². The molecule has 2 N–H and O–H groups in total. The van der Waals surface area contributed by atoms with Crippen molar-refractivity contribution in [2.45, 2.75) is 39.5 Å². The summed E-state index contributed by atoms with van der Waals surface area (Å²) < 4.78 is 7.33. The lowest BCUT2D eigenvalue weighted by molar-refractivity contribution is 0.0268. The molecule has 0 atom stereocenters. The molecule has 0 aliphatic rings. The number of hydrogen-bond donors (Lipinski definition) is 2. The molecule has 7 nitrogen and oxygen atoms in total. The molecule has 7 heteroatoms. The first kappa shape index (κ1) is 15.4. The Morgan fingerprint density at radius 3 is 2.79 bits per heavy atom. The van der Waals surface area contributed by atoms with E-state index in [2.05, 4.69) is 32.7 Å². The van der Waals surface area contributed by atoms with E-state index in [9.17, 15) is 0 Å². The second kappa shape index (κ2) is 7.08. The Balaban J connectivity index is 2.46. The average molecular weight is 268 g/mol. The highest BCUT2D eigenvalue weighted by molar-refractivity contribution is 5.79. The molecule has 0 aromatic carbocycles. The summed E-state index contributed by atoms with van der Waals surface area (Å²) in [7, 11) is 3.43. The minimum Gasteiger partial charge on any atom is -0.377 e. The van der Waals surface area contributed by atoms with Gasteiger partial charge in [-0.1, -0.05) is 0 Å². The van der Waals surface area contributed by atoms with Gasteiger partial charge >= 0.3 is 0 Å². The summed E-state index contributed by atoms with van der Waals surface area (Å²) in [6, 6.07) is 0. The van der Waals surface area contributed by atoms with Crippen LogP contribution in [-0.2, 0) is 17.8 Å². The van der Waals surface area contributed by atoms with Crippen molar-refractivity contribution in [2.24, 2.45) is 4.99 Å². The van der Waals surface area contributed by atoms with Gasteiger partial charge in [0.05, 0.1) is 12.1 Å². The predicted molar refractivity (Wildman–Crippen MR) is 75.0 cm³/mol. The van der Waals surface area contributed by atoms with Crippen LogP contribution in [0.25, 0.3) is 0 Å². The summed E-state index contributed by atoms with van der Waals surface area (Å²) in [5, 5.41) is 14.4. The van der Waals surface area contributed by atoms with Crippen molar-refractivity contribution in [3.8, 4) is 0 Å². The number of ether oxygens (including phenoxy) is 1. The number of methoxy groups -OCH3 is 1. The van der Waals surface area contributed by atoms with E-state index in [1.165, 1.54) is 0 Å². The Hall–Kier alpha value is -1.63. The molecule has 0 saturated carbocycles. The van der Waals surface area contributed by atoms with E-state index in [0.29, 0.717) is 13.1 Å². The minimum absolute atomic E-state index is 0.235. The van der Waals surface area contributed by atoms with Crippen LogP contribution >= 0.6 is 0 Å². The van der Waals surface area contributed by atoms with E-state index >= 15 is 0 Å². The maximum atomic E-state index is 5.35. The fourth-order valence-corrected chi connectivity index (χ4v) is 1.43. The van der Waals surface area contributed by atoms with Gasteiger partial charge in [-0.25, -0.2) is 0 Å². The Morgan fingerprint density at radius 1 is 1.47 bits per heavy atom. The second-order valence-corrected chi connectivity index (χ2v) is 4.78. The van der Waals surface area contributed by atoms with Crippen LogP contribution < -0.4 is 10.6 Å². The quantitative estimate of drug-likeness (QED) is 0.576. The van der Waals surface area contributed by atoms with Crippen LogP contribution in [0.15, 0.2) is 11.3 Å². The Kier molecular flexibility index (Phi) is 5.75. The number of aliphatic imine (C=N–C) groups is 1. The number of aryl methyl sites for hydroxylation is 1. The highest BCUT2D eigenvalue weighted by Gasteiger charge is 2.16. The summed E-state index contributed by atoms with van der Waals surface area (Å²) in [5.41, 5.74) is -0.235. The van der Waals surface area contributed by atoms with Crippen LogP contribution in [0.1, 0.15) is 26.6 Å². The monoisotopic (exact) mass is 268 g/mol. The zero-order valence-electron chi connectivity index (χ0n) is 12.4. The second-order valence-electron chi connectivity index (χ2n) is 4.78. The Labute approximate surface area is 114 Å². The lowest BCUT2D eigenvalue weighted by Gasteiger charge is -2.24. The van der Waals surface area contributed by atoms with Crippen LogP contribution in [0.3, 0.4) is 0 Å². The van der Waals surface area contributed by atoms with Crippen LogP contribution in [0.2, 0.25) is 0 Å². The molecule has 0 unspecified atom stereocenters. The van der Waals surface area contributed by atoms with E-state index in [1.807, 2.05) is 18.4 Å². The molecular weight excluding hydrogens is 244 g/mol. The number of guanidine groups is 1. The number of nitrogens with one attached hydrogen (secondary N) is 2. The van der Waals surface area contributed by atoms with Gasteiger partial charge in [0.25, 0.3) is 0 Å². The molecule has 0 aliphatic heterocycles. The van der Waals surface area contributed by atoms with E-state index in [-0.39, 0.29) is 5.60 Å². The molecule has 1 heterocycles. The average Bonchev–Trinajstić information content (AvgIpc) is 2.86. The van der Waals surface area contributed by atoms with E-state index in [1.54, 1.807) is 20.5 Å². The van der Waals surface area contributed by atoms with E-state index in [4.69, 9.17) is 4.74 Å². The molecule has 0 bridgehead atoms. The zero-order valence-corrected chi connectivity index (χ0v) is 12.4. The van der Waals surface area contributed by atoms with Gasteiger partial charge in [-0.2, -0.15) is 0 Å². The van der Waals surface area contributed by atoms with Crippen LogP contribution in [0.4, 0.5) is 0 Å². The van der Waals surface area contributed by atoms with Gasteiger partial charge in [0.2, 0.25) is 0 Å². The van der Waals surface area contributed by atoms with Gasteiger partial charge < -0.3 is 19.9 Å². The highest BCUT2D eigenvalue weighted by Crippen LogP contribution is 2.04. The maximum absolute atomic E-state index is 5.35. The fraction of sp³-hybridized carbons (Fsp3) is 0.750. The number of rotatable bonds is 6. The summed E-state index contributed by atoms with van der Waals surface area (Å²) in [6.07, 6.45) is 1.72. The van der Waals surface area contributed by atoms with Crippen LogP contribution in [-0.4, -0.2) is 47.0 Å². The predicted octanol–water partition coefficient (Wildman–Crippen LogP) is 0.388. The van der Waals surface area contributed by atoms with Crippen molar-refractivity contribution < 1.29 is 4.74 Å². The summed E-state index contributed by atoms with van der Waals surface area (Å²) in [5.74, 6) is 1.60. The molecule has 0 fully saturated rings. The summed E-state index contributed by atoms with van der Waals surface area (Å²) in [4.78, 5) is 4.16. The van der Waals surface area contributed by atoms with Crippen LogP contribution in [0.5, 0.6) is 0 Å². The summed E-state index contributed by atoms with van der Waals surface area (Å²) >= 11 is 0. The molecule has 0 radical (unpaired) electrons. The molecule has 0 saturated heterocycles. The largest absolute Gasteiger partial charge is 0.377 e. The molecule has 108 valence electrons. The van der Waals surface area contributed by atoms with Crippen molar-refractivity contribution in [3.63, 3.8) is 0 Å². The minimum atomic E-state index is -0.235. The van der Waals surface area contributed by atoms with Crippen molar-refractivity contribution in [1.82, 2.24) is 25.4 Å². The fourth-order valence-electron chi connectivity index (χ4n) is 1.43. The zero-order chi connectivity index (χ0) is 14.3. The van der Waals surface area contributed by atoms with Gasteiger partial charge in [-0.15, -0.1) is 10.2 Å². The molecule has 1 aromatic rings. The third-order valence-electron chi connectivity index (χ3n) is 2.91. The van der Waals surface area contributed by atoms with Gasteiger partial charge in [-0.3, -0.25) is 4.99 Å². The maximum Gasteiger partial charge on any atom is 0.191 e. The Morgan fingerprint density at radius 2 is 2.21 bits per heavy atom. The molecule has 1 aromatic heterocycles. The van der Waals surface area contributed by atoms with Crippen LogP contribution in [0, 0.1) is 0 Å². The van der Waals surface area contributed by atoms with E-state index < -0.39 is 0 Å². The molecule has 19 heavy (non-hydrogen) atoms. The van der Waals surface area contributed by atoms with Gasteiger partial charge in [0.15, 0.2) is 11.8 Å². The third kappa shape index (κ3) is 4.86. The lowest BCUT2D eigenvalue weighted by atomic mass is 10.1. The third-order valence-corrected chi connectivity index (χ3v) is 2.91. The number of nitrogens with zero attached hydrogens (tertiary/aromatic N) is 4. The highest BCUT2D eigenvalue weighted by atomic mass is 16.5. The first-order chi connectivity index (χ1) is 9.02. The Bertz CT molecular complexity index is 412. The molecule has 0 aliphatic carbocycles. The van der Waals surface area contributed by atoms with Crippen molar-refractivity contribution >= 4 is 5.96 Å². The van der Waals surface area contributed by atoms with E-state index in [0.717, 1.165) is 18.3 Å². The smallest absolute Gasteiger partial charge is 0.191 e. The lowest BCUT2D eigenvalue weighted by Crippen LogP contribution is -2.45. The molecular formula is C12H24N6O. The van der Waals surface area contributed by atoms with Gasteiger partial charge in [0, 0.05) is 27.2 Å². The molecule has 0 amide bonds. The standard InChI is InChI=1S/C12H24N6O/c1-6-18-9-16-17-10(18)7-14-11(13-4)15-8-12(2,3)19-5/h9H,6-8H2,1-5H3,(H2,13,14,15). The van der Waals surface area contributed by atoms with Gasteiger partial charge in [-0.05, 0) is 20.8 Å². The molecule has 0 spiro atoms. The van der Waals surface area contributed by atoms with Crippen molar-refractivity contribution in [2.75, 3.05) is 20.7 Å². The first-order valence-electron chi connectivity index (χ1n) is 6.38. The molecule has 1 rings (SSSR count). The number of aromatic nitrogens is 3. The van der Waals surface area contributed by atoms with Gasteiger partial charge in [0.1, 0.15) is 6.33 Å². The SMILES string of the molecule is CCn1cnnc1CNC(=NC)NCC(C)(C)OC. The number of hydrogen-bond acceptors (Lipinski definition) is 4. The first-order valence-corrected chi connectivity index (χ1v) is 6.38. The van der Waals surface area contributed by atoms with Crippen molar-refractivity contribution in [1.29, 1.82) is 0 Å².